The molecule has 1 aromatic carbocycles. The first kappa shape index (κ1) is 17.3. The van der Waals surface area contributed by atoms with Crippen LogP contribution in [0.3, 0.4) is 0 Å². The second-order valence-corrected chi connectivity index (χ2v) is 6.69. The van der Waals surface area contributed by atoms with Crippen molar-refractivity contribution in [2.75, 3.05) is 11.1 Å². The molecule has 0 spiro atoms. The van der Waals surface area contributed by atoms with Gasteiger partial charge in [0, 0.05) is 11.6 Å². The Kier molecular flexibility index (Phi) is 5.98. The molecule has 2 aromatic rings. The fraction of sp³-hybridized carbons (Fsp3) is 0.353. The average Bonchev–Trinajstić information content (AvgIpc) is 2.52. The van der Waals surface area contributed by atoms with Gasteiger partial charge in [0.1, 0.15) is 0 Å². The zero-order chi connectivity index (χ0) is 16.8. The van der Waals surface area contributed by atoms with E-state index in [1.165, 1.54) is 11.8 Å². The number of fused-ring (bicyclic) bond motifs is 1. The number of thioether (sulfide) groups is 1. The van der Waals surface area contributed by atoms with Crippen molar-refractivity contribution in [3.8, 4) is 0 Å². The Balaban J connectivity index is 1.96. The highest BCUT2D eigenvalue weighted by Gasteiger charge is 2.17. The molecule has 5 nitrogen and oxygen atoms in total. The van der Waals surface area contributed by atoms with E-state index in [2.05, 4.69) is 10.3 Å². The van der Waals surface area contributed by atoms with Crippen LogP contribution in [0.1, 0.15) is 20.8 Å². The number of anilines is 1. The Morgan fingerprint density at radius 3 is 2.74 bits per heavy atom. The third kappa shape index (κ3) is 4.96. The van der Waals surface area contributed by atoms with Gasteiger partial charge in [-0.2, -0.15) is 0 Å². The second-order valence-electron chi connectivity index (χ2n) is 5.36. The maximum Gasteiger partial charge on any atom is 0.316 e. The molecule has 1 amide bonds. The molecule has 1 heterocycles. The maximum absolute atomic E-state index is 12.3. The number of carbonyl (C=O) groups is 2. The lowest BCUT2D eigenvalue weighted by molar-refractivity contribution is -0.144. The standard InChI is InChI=1S/C17H20N2O3S/c1-11(2)22-16(20)10-23-12(3)17(21)19-15-8-4-7-14-13(15)6-5-9-18-14/h4-9,11-12H,10H2,1-3H3,(H,19,21)/t12-/m0/s1. The van der Waals surface area contributed by atoms with Gasteiger partial charge in [-0.3, -0.25) is 14.6 Å². The van der Waals surface area contributed by atoms with Gasteiger partial charge in [-0.05, 0) is 45.0 Å². The van der Waals surface area contributed by atoms with Crippen molar-refractivity contribution in [3.05, 3.63) is 36.5 Å². The van der Waals surface area contributed by atoms with Gasteiger partial charge in [-0.1, -0.05) is 6.07 Å². The van der Waals surface area contributed by atoms with E-state index in [1.54, 1.807) is 27.0 Å². The highest BCUT2D eigenvalue weighted by atomic mass is 32.2. The number of benzene rings is 1. The summed E-state index contributed by atoms with van der Waals surface area (Å²) in [5.41, 5.74) is 1.55. The second kappa shape index (κ2) is 7.97. The van der Waals surface area contributed by atoms with Crippen LogP contribution in [-0.2, 0) is 14.3 Å². The van der Waals surface area contributed by atoms with Gasteiger partial charge in [-0.25, -0.2) is 0 Å². The van der Waals surface area contributed by atoms with E-state index < -0.39 is 0 Å². The van der Waals surface area contributed by atoms with Crippen LogP contribution in [0.15, 0.2) is 36.5 Å². The minimum atomic E-state index is -0.360. The van der Waals surface area contributed by atoms with Gasteiger partial charge in [0.25, 0.3) is 0 Å². The molecule has 0 aliphatic heterocycles. The summed E-state index contributed by atoms with van der Waals surface area (Å²) in [5.74, 6) is -0.299. The maximum atomic E-state index is 12.3. The monoisotopic (exact) mass is 332 g/mol. The van der Waals surface area contributed by atoms with Crippen molar-refractivity contribution in [3.63, 3.8) is 0 Å². The smallest absolute Gasteiger partial charge is 0.316 e. The number of hydrogen-bond acceptors (Lipinski definition) is 5. The summed E-state index contributed by atoms with van der Waals surface area (Å²) in [6.07, 6.45) is 1.57. The number of carbonyl (C=O) groups excluding carboxylic acids is 2. The summed E-state index contributed by atoms with van der Waals surface area (Å²) in [7, 11) is 0. The molecule has 6 heteroatoms. The van der Waals surface area contributed by atoms with E-state index in [-0.39, 0.29) is 29.0 Å². The normalized spacial score (nSPS) is 12.2. The van der Waals surface area contributed by atoms with Gasteiger partial charge in [0.2, 0.25) is 5.91 Å². The summed E-state index contributed by atoms with van der Waals surface area (Å²) >= 11 is 1.26. The van der Waals surface area contributed by atoms with Gasteiger partial charge in [0.05, 0.1) is 28.3 Å². The minimum absolute atomic E-state index is 0.143. The first-order valence-corrected chi connectivity index (χ1v) is 8.48. The molecule has 2 rings (SSSR count). The Hall–Kier alpha value is -2.08. The SMILES string of the molecule is CC(C)OC(=O)CS[C@@H](C)C(=O)Nc1cccc2ncccc12. The summed E-state index contributed by atoms with van der Waals surface area (Å²) in [4.78, 5) is 28.1. The number of amides is 1. The zero-order valence-corrected chi connectivity index (χ0v) is 14.2. The van der Waals surface area contributed by atoms with E-state index >= 15 is 0 Å². The number of pyridine rings is 1. The molecule has 1 aromatic heterocycles. The number of hydrogen-bond donors (Lipinski definition) is 1. The molecule has 1 atom stereocenters. The Bertz CT molecular complexity index is 698. The van der Waals surface area contributed by atoms with Crippen LogP contribution < -0.4 is 5.32 Å². The third-order valence-corrected chi connectivity index (χ3v) is 4.21. The van der Waals surface area contributed by atoms with Gasteiger partial charge < -0.3 is 10.1 Å². The third-order valence-electron chi connectivity index (χ3n) is 3.09. The van der Waals surface area contributed by atoms with Crippen molar-refractivity contribution in [2.24, 2.45) is 0 Å². The van der Waals surface area contributed by atoms with Crippen LogP contribution in [0.4, 0.5) is 5.69 Å². The van der Waals surface area contributed by atoms with Crippen LogP contribution in [-0.4, -0.2) is 34.0 Å². The molecule has 0 saturated heterocycles. The summed E-state index contributed by atoms with van der Waals surface area (Å²) in [6, 6.07) is 9.33. The molecule has 0 aliphatic rings. The highest BCUT2D eigenvalue weighted by molar-refractivity contribution is 8.01. The number of rotatable bonds is 6. The van der Waals surface area contributed by atoms with Crippen LogP contribution in [0.5, 0.6) is 0 Å². The quantitative estimate of drug-likeness (QED) is 0.823. The average molecular weight is 332 g/mol. The zero-order valence-electron chi connectivity index (χ0n) is 13.4. The predicted molar refractivity (Wildman–Crippen MR) is 93.5 cm³/mol. The first-order chi connectivity index (χ1) is 11.0. The molecule has 0 fully saturated rings. The largest absolute Gasteiger partial charge is 0.462 e. The van der Waals surface area contributed by atoms with E-state index in [1.807, 2.05) is 30.3 Å². The Labute approximate surface area is 139 Å². The molecule has 0 unspecified atom stereocenters. The van der Waals surface area contributed by atoms with Crippen molar-refractivity contribution < 1.29 is 14.3 Å². The molecule has 0 aliphatic carbocycles. The predicted octanol–water partition coefficient (Wildman–Crippen LogP) is 3.25. The van der Waals surface area contributed by atoms with Crippen LogP contribution in [0.25, 0.3) is 10.9 Å². The van der Waals surface area contributed by atoms with Crippen molar-refractivity contribution in [1.82, 2.24) is 4.98 Å². The summed E-state index contributed by atoms with van der Waals surface area (Å²) in [6.45, 7) is 5.37. The summed E-state index contributed by atoms with van der Waals surface area (Å²) in [5, 5.41) is 3.43. The molecule has 0 bridgehead atoms. The molecule has 0 saturated carbocycles. The molecule has 122 valence electrons. The minimum Gasteiger partial charge on any atom is -0.462 e. The van der Waals surface area contributed by atoms with E-state index in [0.29, 0.717) is 0 Å². The number of nitrogens with one attached hydrogen (secondary N) is 1. The van der Waals surface area contributed by atoms with Gasteiger partial charge in [-0.15, -0.1) is 11.8 Å². The Morgan fingerprint density at radius 1 is 1.22 bits per heavy atom. The van der Waals surface area contributed by atoms with Crippen molar-refractivity contribution in [1.29, 1.82) is 0 Å². The van der Waals surface area contributed by atoms with Crippen LogP contribution in [0, 0.1) is 0 Å². The lowest BCUT2D eigenvalue weighted by atomic mass is 10.2. The number of esters is 1. The molecule has 0 radical (unpaired) electrons. The number of aromatic nitrogens is 1. The van der Waals surface area contributed by atoms with Gasteiger partial charge in [0.15, 0.2) is 0 Å². The first-order valence-electron chi connectivity index (χ1n) is 7.43. The van der Waals surface area contributed by atoms with Crippen molar-refractivity contribution in [2.45, 2.75) is 32.1 Å². The van der Waals surface area contributed by atoms with Crippen molar-refractivity contribution >= 4 is 40.2 Å². The van der Waals surface area contributed by atoms with E-state index in [4.69, 9.17) is 4.74 Å². The topological polar surface area (TPSA) is 68.3 Å². The van der Waals surface area contributed by atoms with E-state index in [0.717, 1.165) is 16.6 Å². The lowest BCUT2D eigenvalue weighted by Gasteiger charge is -2.13. The number of nitrogens with zero attached hydrogens (tertiary/aromatic N) is 1. The fourth-order valence-corrected chi connectivity index (χ4v) is 2.68. The van der Waals surface area contributed by atoms with Crippen LogP contribution >= 0.6 is 11.8 Å². The van der Waals surface area contributed by atoms with E-state index in [9.17, 15) is 9.59 Å². The number of ether oxygens (including phenoxy) is 1. The van der Waals surface area contributed by atoms with Gasteiger partial charge >= 0.3 is 5.97 Å². The Morgan fingerprint density at radius 2 is 2.00 bits per heavy atom. The van der Waals surface area contributed by atoms with Crippen LogP contribution in [0.2, 0.25) is 0 Å². The highest BCUT2D eigenvalue weighted by Crippen LogP contribution is 2.22. The molecular formula is C17H20N2O3S. The molecule has 23 heavy (non-hydrogen) atoms. The molecule has 1 N–H and O–H groups in total. The summed E-state index contributed by atoms with van der Waals surface area (Å²) < 4.78 is 5.06. The molecular weight excluding hydrogens is 312 g/mol. The lowest BCUT2D eigenvalue weighted by Crippen LogP contribution is -2.24. The fourth-order valence-electron chi connectivity index (χ4n) is 2.01.